The van der Waals surface area contributed by atoms with Crippen molar-refractivity contribution in [1.82, 2.24) is 24.6 Å². The largest absolute Gasteiger partial charge is 0.394 e. The molecule has 0 radical (unpaired) electrons. The van der Waals surface area contributed by atoms with E-state index in [-0.39, 0.29) is 36.3 Å². The zero-order chi connectivity index (χ0) is 59.9. The highest BCUT2D eigenvalue weighted by molar-refractivity contribution is 5.14. The lowest BCUT2D eigenvalue weighted by Gasteiger charge is -2.17. The van der Waals surface area contributed by atoms with Crippen LogP contribution >= 0.6 is 0 Å². The predicted molar refractivity (Wildman–Crippen MR) is 315 cm³/mol. The van der Waals surface area contributed by atoms with E-state index >= 15 is 0 Å². The van der Waals surface area contributed by atoms with Crippen LogP contribution < -0.4 is 53.3 Å². The minimum atomic E-state index is -0.167. The Morgan fingerprint density at radius 1 is 0.420 bits per heavy atom. The molecule has 20 heteroatoms. The third-order valence-corrected chi connectivity index (χ3v) is 3.46. The Morgan fingerprint density at radius 2 is 0.551 bits per heavy atom. The van der Waals surface area contributed by atoms with E-state index in [4.69, 9.17) is 53.0 Å². The first-order chi connectivity index (χ1) is 31.3. The molecule has 0 saturated heterocycles. The molecule has 0 aliphatic rings. The molecule has 1 aromatic rings. The van der Waals surface area contributed by atoms with Crippen molar-refractivity contribution in [2.24, 2.45) is 40.5 Å². The van der Waals surface area contributed by atoms with E-state index in [2.05, 4.69) is 122 Å². The second-order valence-corrected chi connectivity index (χ2v) is 9.08. The van der Waals surface area contributed by atoms with Gasteiger partial charge in [-0.1, -0.05) is 147 Å². The molecule has 0 aliphatic carbocycles. The maximum Gasteiger partial charge on any atom is 0.106 e. The van der Waals surface area contributed by atoms with Crippen LogP contribution in [-0.4, -0.2) is 120 Å². The molecular formula is C49H135N9O11. The standard InChI is InChI=1S/C8H10.C6H14O.2C5H12.C3H8O.4C2H6.5CH5N.9CH2O.4H3N/c1-2-8-6-4-3-5-7-8;1-5-7-6(2,3)4;2*1-4-5(2)3;1-3(2)4;18*1-2;;;;/h3-7H,2H2,1H3;5H2,1-4H3;2*5H,4H2,1-3H3;3-4H,1-2H3;4*1-2H3;5*2H2,1H3;9*1H2;4*1H3. The molecular weight excluding hydrogens is 891 g/mol. The SMILES string of the molecule is C=O.C=O.C=O.C=O.C=O.C=O.C=O.C=O.C=O.CC.CC.CC.CC.CC(C)O.CCC(C)C.CCC(C)C.CCOC(C)(C)C.CCc1ccccc1.CN.CN.CN.CN.CN.N.N.N.N. The summed E-state index contributed by atoms with van der Waals surface area (Å²) in [4.78, 5) is 72.0. The van der Waals surface area contributed by atoms with Gasteiger partial charge < -0.3 is 106 Å². The van der Waals surface area contributed by atoms with Crippen LogP contribution in [-0.2, 0) is 54.3 Å². The fourth-order valence-electron chi connectivity index (χ4n) is 1.15. The first-order valence-electron chi connectivity index (χ1n) is 21.1. The number of nitrogens with two attached hydrogens (primary N) is 5. The average molecular weight is 1030 g/mol. The number of hydrogen-bond acceptors (Lipinski definition) is 20. The predicted octanol–water partition coefficient (Wildman–Crippen LogP) is 9.53. The van der Waals surface area contributed by atoms with E-state index in [1.807, 2.05) is 129 Å². The Balaban J connectivity index is -0.0000000120. The minimum absolute atomic E-state index is 0. The van der Waals surface area contributed by atoms with Gasteiger partial charge in [0.25, 0.3) is 0 Å². The maximum absolute atomic E-state index is 8.06. The zero-order valence-corrected chi connectivity index (χ0v) is 51.1. The molecule has 20 nitrogen and oxygen atoms in total. The van der Waals surface area contributed by atoms with Gasteiger partial charge in [0.2, 0.25) is 0 Å². The normalized spacial score (nSPS) is 5.49. The molecule has 0 amide bonds. The van der Waals surface area contributed by atoms with Crippen molar-refractivity contribution in [3.8, 4) is 0 Å². The molecule has 23 N–H and O–H groups in total. The molecule has 1 aromatic carbocycles. The molecule has 0 spiro atoms. The molecule has 0 atom stereocenters. The number of aryl methyl sites for hydroxylation is 1. The molecule has 0 fully saturated rings. The summed E-state index contributed by atoms with van der Waals surface area (Å²) in [6.45, 7) is 61.9. The van der Waals surface area contributed by atoms with Crippen molar-refractivity contribution in [2.45, 2.75) is 176 Å². The lowest BCUT2D eigenvalue weighted by Crippen LogP contribution is -2.18. The van der Waals surface area contributed by atoms with E-state index < -0.39 is 0 Å². The third kappa shape index (κ3) is 1280. The molecule has 0 aromatic heterocycles. The summed E-state index contributed by atoms with van der Waals surface area (Å²) < 4.78 is 5.23. The highest BCUT2D eigenvalue weighted by Gasteiger charge is 2.06. The second-order valence-electron chi connectivity index (χ2n) is 9.08. The van der Waals surface area contributed by atoms with Crippen LogP contribution in [0.3, 0.4) is 0 Å². The zero-order valence-electron chi connectivity index (χ0n) is 51.1. The summed E-state index contributed by atoms with van der Waals surface area (Å²) in [5.74, 6) is 1.77. The summed E-state index contributed by atoms with van der Waals surface area (Å²) in [7, 11) is 7.50. The lowest BCUT2D eigenvalue weighted by molar-refractivity contribution is -0.0987. The summed E-state index contributed by atoms with van der Waals surface area (Å²) >= 11 is 0. The van der Waals surface area contributed by atoms with E-state index in [9.17, 15) is 0 Å². The van der Waals surface area contributed by atoms with Gasteiger partial charge in [-0.15, -0.1) is 0 Å². The highest BCUT2D eigenvalue weighted by atomic mass is 16.5. The van der Waals surface area contributed by atoms with Crippen LogP contribution in [0.4, 0.5) is 0 Å². The lowest BCUT2D eigenvalue weighted by atomic mass is 10.2. The van der Waals surface area contributed by atoms with Crippen LogP contribution in [0, 0.1) is 11.8 Å². The number of aliphatic hydroxyl groups is 1. The Hall–Kier alpha value is -4.19. The smallest absolute Gasteiger partial charge is 0.106 e. The van der Waals surface area contributed by atoms with Crippen molar-refractivity contribution in [2.75, 3.05) is 41.8 Å². The van der Waals surface area contributed by atoms with Gasteiger partial charge in [-0.3, -0.25) is 0 Å². The van der Waals surface area contributed by atoms with Gasteiger partial charge in [-0.2, -0.15) is 0 Å². The van der Waals surface area contributed by atoms with Crippen molar-refractivity contribution >= 4 is 61.1 Å². The second kappa shape index (κ2) is 444. The van der Waals surface area contributed by atoms with Crippen molar-refractivity contribution < 1.29 is 53.0 Å². The first kappa shape index (κ1) is 175. The van der Waals surface area contributed by atoms with E-state index in [1.165, 1.54) is 53.6 Å². The molecule has 0 heterocycles. The molecule has 442 valence electrons. The Kier molecular flexibility index (Phi) is 1130. The van der Waals surface area contributed by atoms with Crippen molar-refractivity contribution in [1.29, 1.82) is 0 Å². The average Bonchev–Trinajstić information content (AvgIpc) is 3.42. The van der Waals surface area contributed by atoms with Crippen LogP contribution in [0.25, 0.3) is 0 Å². The minimum Gasteiger partial charge on any atom is -0.394 e. The number of carbonyl (C=O) groups excluding carboxylic acids is 9. The Morgan fingerprint density at radius 3 is 0.594 bits per heavy atom. The molecule has 69 heavy (non-hydrogen) atoms. The maximum atomic E-state index is 8.06. The molecule has 0 aliphatic heterocycles. The fraction of sp³-hybridized carbons (Fsp3) is 0.694. The number of carbonyl (C=O) groups is 9. The first-order valence-corrected chi connectivity index (χ1v) is 21.1. The number of ether oxygens (including phenoxy) is 1. The van der Waals surface area contributed by atoms with Crippen LogP contribution in [0.15, 0.2) is 30.3 Å². The summed E-state index contributed by atoms with van der Waals surface area (Å²) in [5, 5.41) is 8.06. The van der Waals surface area contributed by atoms with Crippen LogP contribution in [0.1, 0.15) is 164 Å². The third-order valence-electron chi connectivity index (χ3n) is 3.46. The van der Waals surface area contributed by atoms with Gasteiger partial charge in [0.15, 0.2) is 0 Å². The van der Waals surface area contributed by atoms with E-state index in [0.717, 1.165) is 24.9 Å². The monoisotopic (exact) mass is 1030 g/mol. The van der Waals surface area contributed by atoms with Gasteiger partial charge in [-0.05, 0) is 101 Å². The van der Waals surface area contributed by atoms with Gasteiger partial charge in [-0.25, -0.2) is 0 Å². The van der Waals surface area contributed by atoms with Gasteiger partial charge in [0, 0.05) is 12.7 Å². The van der Waals surface area contributed by atoms with Crippen molar-refractivity contribution in [3.63, 3.8) is 0 Å². The van der Waals surface area contributed by atoms with Crippen LogP contribution in [0.2, 0.25) is 0 Å². The van der Waals surface area contributed by atoms with Crippen LogP contribution in [0.5, 0.6) is 0 Å². The topological polar surface area (TPSA) is 453 Å². The molecule has 0 bridgehead atoms. The Labute approximate surface area is 432 Å². The molecule has 1 rings (SSSR count). The Bertz CT molecular complexity index is 529. The summed E-state index contributed by atoms with van der Waals surface area (Å²) in [6.07, 6.45) is 3.58. The van der Waals surface area contributed by atoms with E-state index in [0.29, 0.717) is 0 Å². The van der Waals surface area contributed by atoms with Gasteiger partial charge >= 0.3 is 0 Å². The number of rotatable bonds is 4. The summed E-state index contributed by atoms with van der Waals surface area (Å²) in [5.41, 5.74) is 24.0. The van der Waals surface area contributed by atoms with E-state index in [1.54, 1.807) is 13.8 Å². The number of benzene rings is 1. The summed E-state index contributed by atoms with van der Waals surface area (Å²) in [6, 6.07) is 10.5. The molecule has 0 unspecified atom stereocenters. The van der Waals surface area contributed by atoms with Gasteiger partial charge in [0.1, 0.15) is 61.1 Å². The number of hydrogen-bond donors (Lipinski definition) is 10. The highest BCUT2D eigenvalue weighted by Crippen LogP contribution is 2.04. The quantitative estimate of drug-likeness (QED) is 0.134. The fourth-order valence-corrected chi connectivity index (χ4v) is 1.15. The van der Waals surface area contributed by atoms with Gasteiger partial charge in [0.05, 0.1) is 5.60 Å². The number of aliphatic hydroxyl groups excluding tert-OH is 1. The van der Waals surface area contributed by atoms with Crippen molar-refractivity contribution in [3.05, 3.63) is 35.9 Å². The molecule has 0 saturated carbocycles.